The zero-order valence-corrected chi connectivity index (χ0v) is 10.2. The van der Waals surface area contributed by atoms with Crippen molar-refractivity contribution in [3.8, 4) is 0 Å². The van der Waals surface area contributed by atoms with Crippen LogP contribution in [-0.4, -0.2) is 60.5 Å². The van der Waals surface area contributed by atoms with Crippen LogP contribution in [0, 0.1) is 0 Å². The Hall–Kier alpha value is -1.40. The molecule has 2 atom stereocenters. The third-order valence-corrected chi connectivity index (χ3v) is 3.09. The maximum Gasteiger partial charge on any atom is 0.236 e. The highest BCUT2D eigenvalue weighted by Crippen LogP contribution is 2.23. The van der Waals surface area contributed by atoms with Crippen molar-refractivity contribution in [3.63, 3.8) is 0 Å². The predicted molar refractivity (Wildman–Crippen MR) is 62.6 cm³/mol. The Morgan fingerprint density at radius 1 is 1.59 bits per heavy atom. The molecule has 6 heteroatoms. The number of ether oxygens (including phenoxy) is 1. The molecule has 0 radical (unpaired) electrons. The first-order valence-electron chi connectivity index (χ1n) is 5.70. The number of aromatic nitrogens is 2. The smallest absolute Gasteiger partial charge is 0.236 e. The van der Waals surface area contributed by atoms with E-state index in [1.54, 1.807) is 20.4 Å². The average Bonchev–Trinajstić information content (AvgIpc) is 2.97. The van der Waals surface area contributed by atoms with E-state index in [9.17, 15) is 4.79 Å². The standard InChI is InChI=1S/C11H18N4O2/c1-12-6-11(16)14-7-9(10(8-14)17-2)15-5-3-4-13-15/h3-5,9-10,12H,6-8H2,1-2H3/t9-,10+/m0/s1. The maximum atomic E-state index is 11.8. The Balaban J connectivity index is 2.06. The summed E-state index contributed by atoms with van der Waals surface area (Å²) < 4.78 is 7.29. The molecule has 1 aromatic rings. The maximum absolute atomic E-state index is 11.8. The summed E-state index contributed by atoms with van der Waals surface area (Å²) in [7, 11) is 3.44. The molecule has 1 amide bonds. The molecule has 1 aliphatic rings. The second kappa shape index (κ2) is 5.29. The molecule has 0 aromatic carbocycles. The van der Waals surface area contributed by atoms with E-state index in [0.717, 1.165) is 0 Å². The minimum atomic E-state index is 0.00991. The van der Waals surface area contributed by atoms with Crippen LogP contribution in [0.2, 0.25) is 0 Å². The number of methoxy groups -OCH3 is 1. The summed E-state index contributed by atoms with van der Waals surface area (Å²) in [5.74, 6) is 0.101. The predicted octanol–water partition coefficient (Wildman–Crippen LogP) is -0.499. The van der Waals surface area contributed by atoms with Gasteiger partial charge in [-0.1, -0.05) is 0 Å². The lowest BCUT2D eigenvalue weighted by atomic mass is 10.2. The normalized spacial score (nSPS) is 24.2. The van der Waals surface area contributed by atoms with Gasteiger partial charge >= 0.3 is 0 Å². The summed E-state index contributed by atoms with van der Waals surface area (Å²) in [6, 6.07) is 1.99. The first kappa shape index (κ1) is 12.1. The Kier molecular flexibility index (Phi) is 3.75. The summed E-state index contributed by atoms with van der Waals surface area (Å²) in [6.07, 6.45) is 3.66. The van der Waals surface area contributed by atoms with E-state index in [1.165, 1.54) is 0 Å². The van der Waals surface area contributed by atoms with Crippen LogP contribution >= 0.6 is 0 Å². The Bertz CT molecular complexity index is 366. The summed E-state index contributed by atoms with van der Waals surface area (Å²) in [5.41, 5.74) is 0. The van der Waals surface area contributed by atoms with Gasteiger partial charge in [0.1, 0.15) is 0 Å². The van der Waals surface area contributed by atoms with Gasteiger partial charge in [-0.25, -0.2) is 0 Å². The largest absolute Gasteiger partial charge is 0.377 e. The van der Waals surface area contributed by atoms with Crippen molar-refractivity contribution in [2.24, 2.45) is 0 Å². The van der Waals surface area contributed by atoms with Crippen molar-refractivity contribution in [3.05, 3.63) is 18.5 Å². The van der Waals surface area contributed by atoms with Crippen molar-refractivity contribution >= 4 is 5.91 Å². The molecule has 1 fully saturated rings. The van der Waals surface area contributed by atoms with Gasteiger partial charge < -0.3 is 15.0 Å². The fourth-order valence-electron chi connectivity index (χ4n) is 2.19. The van der Waals surface area contributed by atoms with Gasteiger partial charge in [0.25, 0.3) is 0 Å². The molecule has 0 aliphatic carbocycles. The van der Waals surface area contributed by atoms with Crippen molar-refractivity contribution < 1.29 is 9.53 Å². The fourth-order valence-corrected chi connectivity index (χ4v) is 2.19. The highest BCUT2D eigenvalue weighted by atomic mass is 16.5. The van der Waals surface area contributed by atoms with Crippen LogP contribution in [-0.2, 0) is 9.53 Å². The summed E-state index contributed by atoms with van der Waals surface area (Å²) in [4.78, 5) is 13.6. The zero-order valence-electron chi connectivity index (χ0n) is 10.2. The SMILES string of the molecule is CNCC(=O)N1C[C@@H](OC)[C@@H](n2cccn2)C1. The van der Waals surface area contributed by atoms with E-state index >= 15 is 0 Å². The first-order valence-corrected chi connectivity index (χ1v) is 5.70. The van der Waals surface area contributed by atoms with Gasteiger partial charge in [0.05, 0.1) is 18.7 Å². The molecule has 2 rings (SSSR count). The Morgan fingerprint density at radius 2 is 2.41 bits per heavy atom. The van der Waals surface area contributed by atoms with Crippen molar-refractivity contribution in [1.29, 1.82) is 0 Å². The van der Waals surface area contributed by atoms with Gasteiger partial charge in [0, 0.05) is 32.6 Å². The summed E-state index contributed by atoms with van der Waals surface area (Å²) >= 11 is 0. The molecule has 17 heavy (non-hydrogen) atoms. The number of nitrogens with one attached hydrogen (secondary N) is 1. The molecular weight excluding hydrogens is 220 g/mol. The first-order chi connectivity index (χ1) is 8.26. The highest BCUT2D eigenvalue weighted by Gasteiger charge is 2.36. The van der Waals surface area contributed by atoms with Crippen LogP contribution in [0.25, 0.3) is 0 Å². The van der Waals surface area contributed by atoms with Crippen LogP contribution in [0.3, 0.4) is 0 Å². The lowest BCUT2D eigenvalue weighted by Gasteiger charge is -2.16. The lowest BCUT2D eigenvalue weighted by molar-refractivity contribution is -0.129. The summed E-state index contributed by atoms with van der Waals surface area (Å²) in [5, 5.41) is 7.09. The number of nitrogens with zero attached hydrogens (tertiary/aromatic N) is 3. The number of carbonyl (C=O) groups is 1. The lowest BCUT2D eigenvalue weighted by Crippen LogP contribution is -2.36. The van der Waals surface area contributed by atoms with Gasteiger partial charge in [0.2, 0.25) is 5.91 Å². The molecule has 0 bridgehead atoms. The number of carbonyl (C=O) groups excluding carboxylic acids is 1. The zero-order chi connectivity index (χ0) is 12.3. The molecule has 0 saturated carbocycles. The molecule has 0 spiro atoms. The van der Waals surface area contributed by atoms with E-state index in [0.29, 0.717) is 19.6 Å². The molecule has 0 unspecified atom stereocenters. The van der Waals surface area contributed by atoms with E-state index < -0.39 is 0 Å². The number of likely N-dealkylation sites (N-methyl/N-ethyl adjacent to an activating group) is 1. The second-order valence-corrected chi connectivity index (χ2v) is 4.16. The second-order valence-electron chi connectivity index (χ2n) is 4.16. The van der Waals surface area contributed by atoms with Crippen LogP contribution in [0.4, 0.5) is 0 Å². The summed E-state index contributed by atoms with van der Waals surface area (Å²) in [6.45, 7) is 1.64. The molecule has 2 heterocycles. The molecule has 1 N–H and O–H groups in total. The molecule has 6 nitrogen and oxygen atoms in total. The van der Waals surface area contributed by atoms with Crippen LogP contribution in [0.5, 0.6) is 0 Å². The molecule has 1 aromatic heterocycles. The van der Waals surface area contributed by atoms with Crippen LogP contribution < -0.4 is 5.32 Å². The fraction of sp³-hybridized carbons (Fsp3) is 0.636. The van der Waals surface area contributed by atoms with Crippen molar-refractivity contribution in [1.82, 2.24) is 20.0 Å². The van der Waals surface area contributed by atoms with Crippen LogP contribution in [0.15, 0.2) is 18.5 Å². The number of rotatable bonds is 4. The monoisotopic (exact) mass is 238 g/mol. The topological polar surface area (TPSA) is 59.4 Å². The van der Waals surface area contributed by atoms with Gasteiger partial charge in [-0.05, 0) is 13.1 Å². The number of amides is 1. The Morgan fingerprint density at radius 3 is 3.00 bits per heavy atom. The Labute approximate surface area is 101 Å². The quantitative estimate of drug-likeness (QED) is 0.768. The van der Waals surface area contributed by atoms with Gasteiger partial charge in [-0.3, -0.25) is 9.48 Å². The van der Waals surface area contributed by atoms with E-state index in [-0.39, 0.29) is 18.1 Å². The number of hydrogen-bond donors (Lipinski definition) is 1. The molecular formula is C11H18N4O2. The number of likely N-dealkylation sites (tertiary alicyclic amines) is 1. The van der Waals surface area contributed by atoms with E-state index in [1.807, 2.05) is 21.8 Å². The van der Waals surface area contributed by atoms with E-state index in [4.69, 9.17) is 4.74 Å². The van der Waals surface area contributed by atoms with Crippen molar-refractivity contribution in [2.75, 3.05) is 33.8 Å². The van der Waals surface area contributed by atoms with Gasteiger partial charge in [-0.2, -0.15) is 5.10 Å². The third-order valence-electron chi connectivity index (χ3n) is 3.09. The molecule has 94 valence electrons. The molecule has 1 saturated heterocycles. The molecule has 1 aliphatic heterocycles. The van der Waals surface area contributed by atoms with Gasteiger partial charge in [0.15, 0.2) is 0 Å². The number of hydrogen-bond acceptors (Lipinski definition) is 4. The third kappa shape index (κ3) is 2.48. The van der Waals surface area contributed by atoms with E-state index in [2.05, 4.69) is 10.4 Å². The minimum Gasteiger partial charge on any atom is -0.377 e. The highest BCUT2D eigenvalue weighted by molar-refractivity contribution is 5.78. The van der Waals surface area contributed by atoms with Crippen molar-refractivity contribution in [2.45, 2.75) is 12.1 Å². The average molecular weight is 238 g/mol. The van der Waals surface area contributed by atoms with Crippen LogP contribution in [0.1, 0.15) is 6.04 Å². The minimum absolute atomic E-state index is 0.00991. The van der Waals surface area contributed by atoms with Gasteiger partial charge in [-0.15, -0.1) is 0 Å².